The lowest BCUT2D eigenvalue weighted by Crippen LogP contribution is -2.43. The van der Waals surface area contributed by atoms with Crippen LogP contribution in [0.2, 0.25) is 5.02 Å². The molecule has 0 aliphatic carbocycles. The van der Waals surface area contributed by atoms with Gasteiger partial charge >= 0.3 is 0 Å². The lowest BCUT2D eigenvalue weighted by molar-refractivity contribution is -0.690. The Morgan fingerprint density at radius 1 is 1.24 bits per heavy atom. The Hall–Kier alpha value is -1.87. The van der Waals surface area contributed by atoms with E-state index in [2.05, 4.69) is 18.3 Å². The van der Waals surface area contributed by atoms with Crippen LogP contribution in [-0.2, 0) is 17.8 Å². The fraction of sp³-hybridized carbons (Fsp3) is 0.294. The van der Waals surface area contributed by atoms with Gasteiger partial charge in [-0.3, -0.25) is 4.79 Å². The lowest BCUT2D eigenvalue weighted by Gasteiger charge is -2.08. The second-order valence-corrected chi connectivity index (χ2v) is 5.53. The van der Waals surface area contributed by atoms with Gasteiger partial charge in [0.25, 0.3) is 5.91 Å². The smallest absolute Gasteiger partial charge is 0.290 e. The summed E-state index contributed by atoms with van der Waals surface area (Å²) in [5.74, 6) is -0.0540. The molecule has 110 valence electrons. The molecule has 2 aromatic rings. The van der Waals surface area contributed by atoms with Gasteiger partial charge in [-0.1, -0.05) is 24.6 Å². The number of carbonyl (C=O) groups is 1. The van der Waals surface area contributed by atoms with Gasteiger partial charge < -0.3 is 5.32 Å². The molecule has 1 N–H and O–H groups in total. The first-order chi connectivity index (χ1) is 10.0. The van der Waals surface area contributed by atoms with Gasteiger partial charge in [0.1, 0.15) is 0 Å². The fourth-order valence-corrected chi connectivity index (χ4v) is 2.31. The largest absolute Gasteiger partial charge is 0.320 e. The van der Waals surface area contributed by atoms with Crippen LogP contribution >= 0.6 is 11.6 Å². The van der Waals surface area contributed by atoms with E-state index in [1.165, 1.54) is 5.56 Å². The van der Waals surface area contributed by atoms with Crippen LogP contribution in [0.1, 0.15) is 23.7 Å². The third kappa shape index (κ3) is 3.82. The van der Waals surface area contributed by atoms with Gasteiger partial charge in [-0.25, -0.2) is 0 Å². The van der Waals surface area contributed by atoms with Crippen molar-refractivity contribution in [2.75, 3.05) is 5.32 Å². The van der Waals surface area contributed by atoms with E-state index >= 15 is 0 Å². The molecule has 2 rings (SSSR count). The number of pyridine rings is 1. The van der Waals surface area contributed by atoms with Crippen LogP contribution in [0.15, 0.2) is 36.5 Å². The fourth-order valence-electron chi connectivity index (χ4n) is 2.14. The highest BCUT2D eigenvalue weighted by atomic mass is 35.5. The maximum atomic E-state index is 12.2. The minimum absolute atomic E-state index is 0.0540. The van der Waals surface area contributed by atoms with Gasteiger partial charge in [-0.2, -0.15) is 4.57 Å². The van der Waals surface area contributed by atoms with E-state index in [1.54, 1.807) is 0 Å². The molecule has 1 amide bonds. The summed E-state index contributed by atoms with van der Waals surface area (Å²) in [4.78, 5) is 12.2. The maximum absolute atomic E-state index is 12.2. The normalized spacial score (nSPS) is 10.5. The zero-order valence-corrected chi connectivity index (χ0v) is 13.4. The molecule has 0 aliphatic rings. The van der Waals surface area contributed by atoms with Crippen molar-refractivity contribution in [3.8, 4) is 0 Å². The number of rotatable bonds is 4. The minimum atomic E-state index is -0.0540. The first-order valence-electron chi connectivity index (χ1n) is 7.05. The highest BCUT2D eigenvalue weighted by Crippen LogP contribution is 2.22. The molecule has 4 heteroatoms. The molecule has 0 saturated carbocycles. The Balaban J connectivity index is 2.13. The number of benzene rings is 1. The third-order valence-corrected chi connectivity index (χ3v) is 3.99. The second-order valence-electron chi connectivity index (χ2n) is 5.12. The molecule has 21 heavy (non-hydrogen) atoms. The van der Waals surface area contributed by atoms with Crippen molar-refractivity contribution >= 4 is 23.2 Å². The molecule has 1 aromatic heterocycles. The number of nitrogens with zero attached hydrogens (tertiary/aromatic N) is 1. The van der Waals surface area contributed by atoms with Crippen molar-refractivity contribution in [3.05, 3.63) is 58.4 Å². The van der Waals surface area contributed by atoms with Gasteiger partial charge in [-0.15, -0.1) is 0 Å². The van der Waals surface area contributed by atoms with E-state index in [4.69, 9.17) is 11.6 Å². The van der Waals surface area contributed by atoms with Crippen LogP contribution in [-0.4, -0.2) is 5.91 Å². The van der Waals surface area contributed by atoms with Crippen molar-refractivity contribution in [3.63, 3.8) is 0 Å². The van der Waals surface area contributed by atoms with E-state index in [-0.39, 0.29) is 5.91 Å². The molecule has 0 aliphatic heterocycles. The van der Waals surface area contributed by atoms with Crippen LogP contribution < -0.4 is 9.88 Å². The van der Waals surface area contributed by atoms with Gasteiger partial charge in [0.15, 0.2) is 11.9 Å². The Labute approximate surface area is 130 Å². The molecular formula is C17H20ClN2O+. The van der Waals surface area contributed by atoms with Crippen molar-refractivity contribution in [1.29, 1.82) is 0 Å². The van der Waals surface area contributed by atoms with Crippen LogP contribution in [0, 0.1) is 13.8 Å². The summed E-state index contributed by atoms with van der Waals surface area (Å²) >= 11 is 6.07. The number of anilines is 1. The number of aryl methyl sites for hydroxylation is 2. The van der Waals surface area contributed by atoms with E-state index in [0.717, 1.165) is 23.4 Å². The Morgan fingerprint density at radius 2 is 2.00 bits per heavy atom. The summed E-state index contributed by atoms with van der Waals surface area (Å²) < 4.78 is 1.97. The molecule has 0 radical (unpaired) electrons. The third-order valence-electron chi connectivity index (χ3n) is 3.58. The van der Waals surface area contributed by atoms with E-state index in [0.29, 0.717) is 11.6 Å². The van der Waals surface area contributed by atoms with Gasteiger partial charge in [-0.05, 0) is 37.1 Å². The van der Waals surface area contributed by atoms with Crippen molar-refractivity contribution in [1.82, 2.24) is 0 Å². The summed E-state index contributed by atoms with van der Waals surface area (Å²) in [5.41, 5.74) is 3.92. The number of nitrogens with one attached hydrogen (secondary N) is 1. The summed E-state index contributed by atoms with van der Waals surface area (Å²) in [6.45, 7) is 6.29. The standard InChI is InChI=1S/C17H19ClN2O/c1-4-14-9-8-12(2)20(10-14)11-17(21)19-16-7-5-6-15(18)13(16)3/h5-10H,4,11H2,1-3H3/p+1. The average Bonchev–Trinajstić information content (AvgIpc) is 2.46. The Morgan fingerprint density at radius 3 is 2.71 bits per heavy atom. The van der Waals surface area contributed by atoms with Crippen molar-refractivity contribution < 1.29 is 9.36 Å². The molecular weight excluding hydrogens is 284 g/mol. The number of hydrogen-bond acceptors (Lipinski definition) is 1. The van der Waals surface area contributed by atoms with E-state index < -0.39 is 0 Å². The lowest BCUT2D eigenvalue weighted by atomic mass is 10.2. The molecule has 3 nitrogen and oxygen atoms in total. The SMILES string of the molecule is CCc1ccc(C)[n+](CC(=O)Nc2cccc(Cl)c2C)c1. The molecule has 1 aromatic carbocycles. The van der Waals surface area contributed by atoms with Crippen LogP contribution in [0.5, 0.6) is 0 Å². The molecule has 1 heterocycles. The van der Waals surface area contributed by atoms with Gasteiger partial charge in [0.2, 0.25) is 6.54 Å². The molecule has 0 saturated heterocycles. The molecule has 0 spiro atoms. The quantitative estimate of drug-likeness (QED) is 0.862. The van der Waals surface area contributed by atoms with Gasteiger partial charge in [0, 0.05) is 29.3 Å². The van der Waals surface area contributed by atoms with Gasteiger partial charge in [0.05, 0.1) is 0 Å². The monoisotopic (exact) mass is 303 g/mol. The molecule has 0 fully saturated rings. The number of aromatic nitrogens is 1. The van der Waals surface area contributed by atoms with Crippen molar-refractivity contribution in [2.24, 2.45) is 0 Å². The highest BCUT2D eigenvalue weighted by molar-refractivity contribution is 6.31. The predicted octanol–water partition coefficient (Wildman–Crippen LogP) is 3.45. The first kappa shape index (κ1) is 15.5. The van der Waals surface area contributed by atoms with Crippen molar-refractivity contribution in [2.45, 2.75) is 33.7 Å². The summed E-state index contributed by atoms with van der Waals surface area (Å²) in [6.07, 6.45) is 2.98. The number of amides is 1. The zero-order valence-electron chi connectivity index (χ0n) is 12.6. The molecule has 0 unspecified atom stereocenters. The maximum Gasteiger partial charge on any atom is 0.290 e. The van der Waals surface area contributed by atoms with E-state index in [1.807, 2.05) is 48.9 Å². The van der Waals surface area contributed by atoms with Crippen LogP contribution in [0.25, 0.3) is 0 Å². The Kier molecular flexibility index (Phi) is 4.97. The second kappa shape index (κ2) is 6.72. The van der Waals surface area contributed by atoms with Crippen LogP contribution in [0.4, 0.5) is 5.69 Å². The molecule has 0 atom stereocenters. The predicted molar refractivity (Wildman–Crippen MR) is 85.6 cm³/mol. The molecule has 0 bridgehead atoms. The number of halogens is 1. The minimum Gasteiger partial charge on any atom is -0.320 e. The van der Waals surface area contributed by atoms with E-state index in [9.17, 15) is 4.79 Å². The van der Waals surface area contributed by atoms with Crippen LogP contribution in [0.3, 0.4) is 0 Å². The Bertz CT molecular complexity index is 668. The average molecular weight is 304 g/mol. The number of hydrogen-bond donors (Lipinski definition) is 1. The summed E-state index contributed by atoms with van der Waals surface area (Å²) in [6, 6.07) is 9.64. The topological polar surface area (TPSA) is 33.0 Å². The highest BCUT2D eigenvalue weighted by Gasteiger charge is 2.14. The number of carbonyl (C=O) groups excluding carboxylic acids is 1. The summed E-state index contributed by atoms with van der Waals surface area (Å²) in [5, 5.41) is 3.58. The zero-order chi connectivity index (χ0) is 15.4. The summed E-state index contributed by atoms with van der Waals surface area (Å²) in [7, 11) is 0. The first-order valence-corrected chi connectivity index (χ1v) is 7.43.